The highest BCUT2D eigenvalue weighted by Gasteiger charge is 2.23. The van der Waals surface area contributed by atoms with Gasteiger partial charge in [-0.1, -0.05) is 46.3 Å². The monoisotopic (exact) mass is 438 g/mol. The summed E-state index contributed by atoms with van der Waals surface area (Å²) in [5, 5.41) is 2.86. The zero-order valence-corrected chi connectivity index (χ0v) is 17.3. The summed E-state index contributed by atoms with van der Waals surface area (Å²) in [5.41, 5.74) is 1.21. The number of hydrogen-bond acceptors (Lipinski definition) is 3. The van der Waals surface area contributed by atoms with Gasteiger partial charge in [0, 0.05) is 17.6 Å². The minimum Gasteiger partial charge on any atom is -0.352 e. The van der Waals surface area contributed by atoms with Crippen LogP contribution in [0.2, 0.25) is 0 Å². The van der Waals surface area contributed by atoms with E-state index in [-0.39, 0.29) is 23.4 Å². The van der Waals surface area contributed by atoms with Gasteiger partial charge in [-0.25, -0.2) is 8.42 Å². The van der Waals surface area contributed by atoms with Crippen molar-refractivity contribution in [3.05, 3.63) is 64.6 Å². The number of carbonyl (C=O) groups is 1. The third-order valence-electron chi connectivity index (χ3n) is 4.00. The predicted octanol–water partition coefficient (Wildman–Crippen LogP) is 3.21. The highest BCUT2D eigenvalue weighted by atomic mass is 79.9. The van der Waals surface area contributed by atoms with Crippen molar-refractivity contribution in [1.29, 1.82) is 0 Å². The molecule has 0 bridgehead atoms. The molecule has 0 heterocycles. The molecular formula is C19H23BrN2O3S. The fourth-order valence-corrected chi connectivity index (χ4v) is 3.89. The first-order valence-corrected chi connectivity index (χ1v) is 10.6. The van der Waals surface area contributed by atoms with Crippen LogP contribution in [0.1, 0.15) is 18.9 Å². The number of likely N-dealkylation sites (N-methyl/N-ethyl adjacent to an activating group) is 1. The highest BCUT2D eigenvalue weighted by molar-refractivity contribution is 9.10. The molecule has 0 fully saturated rings. The molecule has 0 radical (unpaired) electrons. The highest BCUT2D eigenvalue weighted by Crippen LogP contribution is 2.17. The average Bonchev–Trinajstić information content (AvgIpc) is 2.61. The van der Waals surface area contributed by atoms with Crippen molar-refractivity contribution >= 4 is 31.9 Å². The van der Waals surface area contributed by atoms with Crippen molar-refractivity contribution in [2.24, 2.45) is 0 Å². The minimum atomic E-state index is -3.69. The van der Waals surface area contributed by atoms with Crippen LogP contribution >= 0.6 is 15.9 Å². The molecule has 0 aliphatic carbocycles. The summed E-state index contributed by atoms with van der Waals surface area (Å²) < 4.78 is 26.9. The van der Waals surface area contributed by atoms with E-state index in [4.69, 9.17) is 0 Å². The van der Waals surface area contributed by atoms with Gasteiger partial charge in [-0.2, -0.15) is 4.31 Å². The first kappa shape index (κ1) is 20.6. The molecule has 1 N–H and O–H groups in total. The van der Waals surface area contributed by atoms with E-state index in [1.54, 1.807) is 12.1 Å². The Kier molecular flexibility index (Phi) is 7.37. The van der Waals surface area contributed by atoms with Crippen molar-refractivity contribution in [2.45, 2.75) is 30.7 Å². The smallest absolute Gasteiger partial charge is 0.243 e. The normalized spacial score (nSPS) is 12.8. The van der Waals surface area contributed by atoms with Crippen LogP contribution in [0.4, 0.5) is 0 Å². The molecule has 2 aromatic rings. The maximum atomic E-state index is 12.5. The molecule has 5 nitrogen and oxygen atoms in total. The third-order valence-corrected chi connectivity index (χ3v) is 6.35. The number of carbonyl (C=O) groups excluding carboxylic acids is 1. The summed E-state index contributed by atoms with van der Waals surface area (Å²) in [5.74, 6) is -0.311. The van der Waals surface area contributed by atoms with Crippen molar-refractivity contribution < 1.29 is 13.2 Å². The zero-order chi connectivity index (χ0) is 19.2. The first-order chi connectivity index (χ1) is 12.3. The number of hydrogen-bond donors (Lipinski definition) is 1. The van der Waals surface area contributed by atoms with Gasteiger partial charge in [0.1, 0.15) is 0 Å². The van der Waals surface area contributed by atoms with Gasteiger partial charge < -0.3 is 5.32 Å². The largest absolute Gasteiger partial charge is 0.352 e. The van der Waals surface area contributed by atoms with E-state index in [2.05, 4.69) is 21.2 Å². The summed E-state index contributed by atoms with van der Waals surface area (Å²) in [4.78, 5) is 12.3. The molecular weight excluding hydrogens is 416 g/mol. The lowest BCUT2D eigenvalue weighted by Gasteiger charge is -2.19. The van der Waals surface area contributed by atoms with Crippen molar-refractivity contribution in [3.63, 3.8) is 0 Å². The van der Waals surface area contributed by atoms with Gasteiger partial charge in [-0.05, 0) is 49.6 Å². The molecule has 1 amide bonds. The summed E-state index contributed by atoms with van der Waals surface area (Å²) >= 11 is 3.28. The van der Waals surface area contributed by atoms with E-state index in [9.17, 15) is 13.2 Å². The molecule has 0 aromatic heterocycles. The molecule has 7 heteroatoms. The lowest BCUT2D eigenvalue weighted by molar-refractivity contribution is -0.121. The molecule has 0 saturated heterocycles. The molecule has 2 rings (SSSR count). The lowest BCUT2D eigenvalue weighted by Crippen LogP contribution is -2.41. The van der Waals surface area contributed by atoms with Crippen LogP contribution in [0, 0.1) is 0 Å². The number of aryl methyl sites for hydroxylation is 1. The Balaban J connectivity index is 1.86. The number of nitrogens with one attached hydrogen (secondary N) is 1. The van der Waals surface area contributed by atoms with Gasteiger partial charge >= 0.3 is 0 Å². The van der Waals surface area contributed by atoms with Crippen molar-refractivity contribution in [1.82, 2.24) is 9.62 Å². The molecule has 140 valence electrons. The second-order valence-corrected chi connectivity index (χ2v) is 9.17. The number of halogens is 1. The Morgan fingerprint density at radius 1 is 1.12 bits per heavy atom. The van der Waals surface area contributed by atoms with E-state index in [1.807, 2.05) is 37.3 Å². The molecule has 0 spiro atoms. The number of benzene rings is 2. The third kappa shape index (κ3) is 5.93. The van der Waals surface area contributed by atoms with E-state index in [1.165, 1.54) is 24.7 Å². The Labute approximate surface area is 163 Å². The zero-order valence-electron chi connectivity index (χ0n) is 14.9. The fraction of sp³-hybridized carbons (Fsp3) is 0.316. The van der Waals surface area contributed by atoms with E-state index < -0.39 is 10.0 Å². The summed E-state index contributed by atoms with van der Waals surface area (Å²) in [6.07, 6.45) is 1.65. The molecule has 0 aliphatic heterocycles. The van der Waals surface area contributed by atoms with Crippen LogP contribution in [-0.2, 0) is 21.2 Å². The van der Waals surface area contributed by atoms with Gasteiger partial charge in [0.2, 0.25) is 15.9 Å². The number of rotatable bonds is 8. The molecule has 0 aliphatic rings. The maximum absolute atomic E-state index is 12.5. The standard InChI is InChI=1S/C19H23BrN2O3S/c1-15(8-9-16-6-4-3-5-7-16)21-19(23)14-22(2)26(24,25)18-12-10-17(20)11-13-18/h3-7,10-13,15H,8-9,14H2,1-2H3,(H,21,23)/t15-/m1/s1. The van der Waals surface area contributed by atoms with Gasteiger partial charge in [0.15, 0.2) is 0 Å². The number of amides is 1. The lowest BCUT2D eigenvalue weighted by atomic mass is 10.1. The molecule has 1 atom stereocenters. The topological polar surface area (TPSA) is 66.5 Å². The fourth-order valence-electron chi connectivity index (χ4n) is 2.49. The van der Waals surface area contributed by atoms with Crippen LogP contribution in [-0.4, -0.2) is 38.3 Å². The quantitative estimate of drug-likeness (QED) is 0.687. The van der Waals surface area contributed by atoms with Crippen molar-refractivity contribution in [3.8, 4) is 0 Å². The Morgan fingerprint density at radius 2 is 1.73 bits per heavy atom. The van der Waals surface area contributed by atoms with E-state index in [0.29, 0.717) is 0 Å². The molecule has 2 aromatic carbocycles. The van der Waals surface area contributed by atoms with Gasteiger partial charge in [-0.15, -0.1) is 0 Å². The van der Waals surface area contributed by atoms with Gasteiger partial charge in [0.25, 0.3) is 0 Å². The van der Waals surface area contributed by atoms with Crippen LogP contribution in [0.15, 0.2) is 64.0 Å². The Bertz CT molecular complexity index is 824. The van der Waals surface area contributed by atoms with Gasteiger partial charge in [0.05, 0.1) is 11.4 Å². The first-order valence-electron chi connectivity index (χ1n) is 8.34. The Hall–Kier alpha value is -1.70. The SMILES string of the molecule is C[C@H](CCc1ccccc1)NC(=O)CN(C)S(=O)(=O)c1ccc(Br)cc1. The van der Waals surface area contributed by atoms with Crippen LogP contribution < -0.4 is 5.32 Å². The minimum absolute atomic E-state index is 0.0357. The summed E-state index contributed by atoms with van der Waals surface area (Å²) in [6, 6.07) is 16.3. The molecule has 0 unspecified atom stereocenters. The van der Waals surface area contributed by atoms with Crippen LogP contribution in [0.5, 0.6) is 0 Å². The molecule has 0 saturated carbocycles. The van der Waals surface area contributed by atoms with Crippen molar-refractivity contribution in [2.75, 3.05) is 13.6 Å². The predicted molar refractivity (Wildman–Crippen MR) is 106 cm³/mol. The number of sulfonamides is 1. The van der Waals surface area contributed by atoms with Crippen LogP contribution in [0.3, 0.4) is 0 Å². The van der Waals surface area contributed by atoms with E-state index >= 15 is 0 Å². The second-order valence-electron chi connectivity index (χ2n) is 6.21. The Morgan fingerprint density at radius 3 is 2.35 bits per heavy atom. The average molecular weight is 439 g/mol. The van der Waals surface area contributed by atoms with E-state index in [0.717, 1.165) is 21.6 Å². The van der Waals surface area contributed by atoms with Gasteiger partial charge in [-0.3, -0.25) is 4.79 Å². The second kappa shape index (κ2) is 9.30. The summed E-state index contributed by atoms with van der Waals surface area (Å²) in [6.45, 7) is 1.71. The number of nitrogens with zero attached hydrogens (tertiary/aromatic N) is 1. The van der Waals surface area contributed by atoms with Crippen LogP contribution in [0.25, 0.3) is 0 Å². The maximum Gasteiger partial charge on any atom is 0.243 e. The molecule has 26 heavy (non-hydrogen) atoms. The summed E-state index contributed by atoms with van der Waals surface area (Å²) in [7, 11) is -2.28.